The lowest BCUT2D eigenvalue weighted by molar-refractivity contribution is -0.120. The van der Waals surface area contributed by atoms with Crippen LogP contribution in [0.5, 0.6) is 0 Å². The molecule has 1 aliphatic heterocycles. The van der Waals surface area contributed by atoms with Gasteiger partial charge >= 0.3 is 0 Å². The molecule has 1 aliphatic rings. The number of nitrogens with zero attached hydrogens (tertiary/aromatic N) is 1. The highest BCUT2D eigenvalue weighted by Crippen LogP contribution is 2.25. The van der Waals surface area contributed by atoms with Crippen molar-refractivity contribution in [2.75, 3.05) is 4.90 Å². The van der Waals surface area contributed by atoms with Crippen molar-refractivity contribution in [3.8, 4) is 0 Å². The van der Waals surface area contributed by atoms with Crippen LogP contribution < -0.4 is 4.90 Å². The van der Waals surface area contributed by atoms with Gasteiger partial charge in [-0.2, -0.15) is 0 Å². The van der Waals surface area contributed by atoms with Gasteiger partial charge in [-0.15, -0.1) is 0 Å². The van der Waals surface area contributed by atoms with Gasteiger partial charge in [-0.3, -0.25) is 9.59 Å². The third kappa shape index (κ3) is 1.76. The zero-order chi connectivity index (χ0) is 11.5. The van der Waals surface area contributed by atoms with Crippen LogP contribution in [0.1, 0.15) is 19.8 Å². The van der Waals surface area contributed by atoms with Gasteiger partial charge in [0.15, 0.2) is 0 Å². The maximum Gasteiger partial charge on any atom is 0.261 e. The van der Waals surface area contributed by atoms with Crippen LogP contribution in [0.25, 0.3) is 0 Å². The first-order valence-electron chi connectivity index (χ1n) is 5.35. The predicted octanol–water partition coefficient (Wildman–Crippen LogP) is 2.29. The van der Waals surface area contributed by atoms with Crippen molar-refractivity contribution in [2.45, 2.75) is 19.8 Å². The average Bonchev–Trinajstić information content (AvgIpc) is 2.56. The van der Waals surface area contributed by atoms with Gasteiger partial charge < -0.3 is 0 Å². The van der Waals surface area contributed by atoms with Crippen molar-refractivity contribution < 1.29 is 9.59 Å². The second-order valence-corrected chi connectivity index (χ2v) is 3.68. The molecule has 16 heavy (non-hydrogen) atoms. The molecular formula is C13H13NO2. The van der Waals surface area contributed by atoms with E-state index in [1.54, 1.807) is 12.1 Å². The molecular weight excluding hydrogens is 202 g/mol. The lowest BCUT2D eigenvalue weighted by Crippen LogP contribution is -2.28. The largest absolute Gasteiger partial charge is 0.274 e. The van der Waals surface area contributed by atoms with Crippen LogP contribution in [0, 0.1) is 0 Å². The molecule has 1 fully saturated rings. The zero-order valence-corrected chi connectivity index (χ0v) is 9.14. The molecule has 0 saturated carbocycles. The second kappa shape index (κ2) is 4.31. The number of para-hydroxylation sites is 1. The van der Waals surface area contributed by atoms with Gasteiger partial charge in [0.1, 0.15) is 0 Å². The van der Waals surface area contributed by atoms with Crippen molar-refractivity contribution in [1.29, 1.82) is 0 Å². The van der Waals surface area contributed by atoms with Gasteiger partial charge in [-0.05, 0) is 18.6 Å². The Balaban J connectivity index is 2.34. The molecule has 0 aromatic heterocycles. The van der Waals surface area contributed by atoms with Crippen molar-refractivity contribution >= 4 is 17.5 Å². The van der Waals surface area contributed by atoms with Crippen molar-refractivity contribution in [1.82, 2.24) is 0 Å². The number of benzene rings is 1. The summed E-state index contributed by atoms with van der Waals surface area (Å²) >= 11 is 0. The fourth-order valence-electron chi connectivity index (χ4n) is 1.82. The summed E-state index contributed by atoms with van der Waals surface area (Å²) in [5.41, 5.74) is 1.26. The van der Waals surface area contributed by atoms with Gasteiger partial charge in [-0.1, -0.05) is 31.2 Å². The lowest BCUT2D eigenvalue weighted by Gasteiger charge is -2.12. The van der Waals surface area contributed by atoms with Crippen molar-refractivity contribution in [2.24, 2.45) is 0 Å². The van der Waals surface area contributed by atoms with E-state index >= 15 is 0 Å². The Morgan fingerprint density at radius 3 is 2.56 bits per heavy atom. The topological polar surface area (TPSA) is 37.4 Å². The molecule has 3 nitrogen and oxygen atoms in total. The SMILES string of the molecule is CCC=C1CC(=O)N(c2ccccc2)C1=O. The molecule has 0 spiro atoms. The maximum atomic E-state index is 11.9. The first kappa shape index (κ1) is 10.6. The van der Waals surface area contributed by atoms with E-state index in [2.05, 4.69) is 0 Å². The van der Waals surface area contributed by atoms with Crippen LogP contribution in [0.4, 0.5) is 5.69 Å². The number of anilines is 1. The molecule has 0 radical (unpaired) electrons. The number of hydrogen-bond donors (Lipinski definition) is 0. The van der Waals surface area contributed by atoms with Gasteiger partial charge in [0.05, 0.1) is 12.1 Å². The average molecular weight is 215 g/mol. The second-order valence-electron chi connectivity index (χ2n) is 3.68. The minimum atomic E-state index is -0.182. The molecule has 0 aliphatic carbocycles. The summed E-state index contributed by atoms with van der Waals surface area (Å²) < 4.78 is 0. The first-order chi connectivity index (χ1) is 7.74. The summed E-state index contributed by atoms with van der Waals surface area (Å²) in [6.45, 7) is 1.95. The van der Waals surface area contributed by atoms with Gasteiger partial charge in [0, 0.05) is 5.57 Å². The molecule has 2 amide bonds. The van der Waals surface area contributed by atoms with Crippen molar-refractivity contribution in [3.05, 3.63) is 42.0 Å². The van der Waals surface area contributed by atoms with E-state index in [0.717, 1.165) is 6.42 Å². The Morgan fingerprint density at radius 2 is 1.94 bits per heavy atom. The summed E-state index contributed by atoms with van der Waals surface area (Å²) in [4.78, 5) is 24.9. The van der Waals surface area contributed by atoms with Crippen LogP contribution in [0.2, 0.25) is 0 Å². The number of imide groups is 1. The van der Waals surface area contributed by atoms with E-state index in [1.165, 1.54) is 4.90 Å². The summed E-state index contributed by atoms with van der Waals surface area (Å²) in [7, 11) is 0. The fourth-order valence-corrected chi connectivity index (χ4v) is 1.82. The molecule has 1 aromatic carbocycles. The van der Waals surface area contributed by atoms with Crippen LogP contribution in [0.15, 0.2) is 42.0 Å². The molecule has 82 valence electrons. The van der Waals surface area contributed by atoms with E-state index < -0.39 is 0 Å². The summed E-state index contributed by atoms with van der Waals surface area (Å²) in [6, 6.07) is 9.03. The van der Waals surface area contributed by atoms with Crippen LogP contribution >= 0.6 is 0 Å². The Bertz CT molecular complexity index is 448. The van der Waals surface area contributed by atoms with Crippen molar-refractivity contribution in [3.63, 3.8) is 0 Å². The van der Waals surface area contributed by atoms with Crippen LogP contribution in [0.3, 0.4) is 0 Å². The monoisotopic (exact) mass is 215 g/mol. The number of carbonyl (C=O) groups excluding carboxylic acids is 2. The summed E-state index contributed by atoms with van der Waals surface area (Å²) in [5, 5.41) is 0. The van der Waals surface area contributed by atoms with Crippen LogP contribution in [-0.4, -0.2) is 11.8 Å². The van der Waals surface area contributed by atoms with E-state index in [4.69, 9.17) is 0 Å². The molecule has 0 N–H and O–H groups in total. The Labute approximate surface area is 94.4 Å². The summed E-state index contributed by atoms with van der Waals surface area (Å²) in [6.07, 6.45) is 2.82. The standard InChI is InChI=1S/C13H13NO2/c1-2-6-10-9-12(15)14(13(10)16)11-7-4-3-5-8-11/h3-8H,2,9H2,1H3. The minimum Gasteiger partial charge on any atom is -0.274 e. The number of hydrogen-bond acceptors (Lipinski definition) is 2. The smallest absolute Gasteiger partial charge is 0.261 e. The third-order valence-corrected chi connectivity index (χ3v) is 2.53. The Hall–Kier alpha value is -1.90. The van der Waals surface area contributed by atoms with E-state index in [9.17, 15) is 9.59 Å². The van der Waals surface area contributed by atoms with Gasteiger partial charge in [0.2, 0.25) is 5.91 Å². The van der Waals surface area contributed by atoms with E-state index in [-0.39, 0.29) is 18.2 Å². The minimum absolute atomic E-state index is 0.143. The van der Waals surface area contributed by atoms with Gasteiger partial charge in [-0.25, -0.2) is 4.90 Å². The molecule has 1 aromatic rings. The molecule has 0 unspecified atom stereocenters. The number of rotatable bonds is 2. The molecule has 1 heterocycles. The molecule has 3 heteroatoms. The lowest BCUT2D eigenvalue weighted by atomic mass is 10.2. The number of allylic oxidation sites excluding steroid dienone is 1. The zero-order valence-electron chi connectivity index (χ0n) is 9.14. The van der Waals surface area contributed by atoms with Gasteiger partial charge in [0.25, 0.3) is 5.91 Å². The number of amides is 2. The fraction of sp³-hybridized carbons (Fsp3) is 0.231. The highest BCUT2D eigenvalue weighted by Gasteiger charge is 2.34. The maximum absolute atomic E-state index is 11.9. The normalized spacial score (nSPS) is 18.6. The van der Waals surface area contributed by atoms with Crippen LogP contribution in [-0.2, 0) is 9.59 Å². The Morgan fingerprint density at radius 1 is 1.25 bits per heavy atom. The molecule has 0 bridgehead atoms. The molecule has 2 rings (SSSR count). The third-order valence-electron chi connectivity index (χ3n) is 2.53. The summed E-state index contributed by atoms with van der Waals surface area (Å²) in [5.74, 6) is -0.325. The van der Waals surface area contributed by atoms with E-state index in [0.29, 0.717) is 11.3 Å². The first-order valence-corrected chi connectivity index (χ1v) is 5.35. The highest BCUT2D eigenvalue weighted by atomic mass is 16.2. The molecule has 0 atom stereocenters. The highest BCUT2D eigenvalue weighted by molar-refractivity contribution is 6.28. The molecule has 1 saturated heterocycles. The quantitative estimate of drug-likeness (QED) is 0.560. The Kier molecular flexibility index (Phi) is 2.86. The predicted molar refractivity (Wildman–Crippen MR) is 61.9 cm³/mol. The number of carbonyl (C=O) groups is 2. The van der Waals surface area contributed by atoms with E-state index in [1.807, 2.05) is 31.2 Å².